The molecule has 0 aliphatic carbocycles. The average molecular weight is 344 g/mol. The lowest BCUT2D eigenvalue weighted by Crippen LogP contribution is -2.12. The zero-order chi connectivity index (χ0) is 14.0. The quantitative estimate of drug-likeness (QED) is 0.658. The number of aryl methyl sites for hydroxylation is 1. The maximum absolute atomic E-state index is 6.08. The number of benzene rings is 1. The predicted octanol–water partition coefficient (Wildman–Crippen LogP) is 3.59. The van der Waals surface area contributed by atoms with E-state index in [0.717, 1.165) is 4.47 Å². The Bertz CT molecular complexity index is 621. The van der Waals surface area contributed by atoms with Crippen LogP contribution in [0, 0.1) is 13.8 Å². The summed E-state index contributed by atoms with van der Waals surface area (Å²) in [5, 5.41) is 0.501. The van der Waals surface area contributed by atoms with Crippen molar-refractivity contribution in [2.24, 2.45) is 5.84 Å². The van der Waals surface area contributed by atoms with Crippen LogP contribution < -0.4 is 16.0 Å². The molecule has 0 radical (unpaired) electrons. The molecule has 2 aromatic rings. The van der Waals surface area contributed by atoms with Crippen LogP contribution in [0.4, 0.5) is 5.82 Å². The molecule has 2 rings (SSSR count). The van der Waals surface area contributed by atoms with Crippen LogP contribution in [0.1, 0.15) is 11.4 Å². The third kappa shape index (κ3) is 3.15. The Hall–Kier alpha value is -1.37. The molecule has 7 heteroatoms. The Morgan fingerprint density at radius 2 is 2.05 bits per heavy atom. The van der Waals surface area contributed by atoms with Gasteiger partial charge in [0, 0.05) is 4.47 Å². The number of nitrogens with two attached hydrogens (primary N) is 1. The highest BCUT2D eigenvalue weighted by Crippen LogP contribution is 2.33. The second-order valence-electron chi connectivity index (χ2n) is 3.87. The van der Waals surface area contributed by atoms with Crippen molar-refractivity contribution in [1.29, 1.82) is 0 Å². The minimum absolute atomic E-state index is 0.417. The van der Waals surface area contributed by atoms with E-state index in [-0.39, 0.29) is 0 Å². The summed E-state index contributed by atoms with van der Waals surface area (Å²) in [6, 6.07) is 5.35. The fraction of sp³-hybridized carbons (Fsp3) is 0.167. The molecular formula is C12H12BrClN4O. The summed E-state index contributed by atoms with van der Waals surface area (Å²) in [5.41, 5.74) is 3.23. The topological polar surface area (TPSA) is 73.1 Å². The number of halogens is 2. The van der Waals surface area contributed by atoms with E-state index in [0.29, 0.717) is 33.9 Å². The molecule has 1 aromatic heterocycles. The van der Waals surface area contributed by atoms with Crippen molar-refractivity contribution in [1.82, 2.24) is 9.97 Å². The van der Waals surface area contributed by atoms with E-state index in [1.165, 1.54) is 0 Å². The maximum atomic E-state index is 6.08. The van der Waals surface area contributed by atoms with E-state index >= 15 is 0 Å². The van der Waals surface area contributed by atoms with Crippen molar-refractivity contribution in [2.75, 3.05) is 5.43 Å². The molecule has 0 saturated carbocycles. The van der Waals surface area contributed by atoms with Gasteiger partial charge in [-0.1, -0.05) is 27.5 Å². The van der Waals surface area contributed by atoms with Crippen molar-refractivity contribution >= 4 is 33.3 Å². The van der Waals surface area contributed by atoms with Gasteiger partial charge in [0.25, 0.3) is 0 Å². The summed E-state index contributed by atoms with van der Waals surface area (Å²) >= 11 is 9.45. The van der Waals surface area contributed by atoms with Crippen LogP contribution in [-0.4, -0.2) is 9.97 Å². The van der Waals surface area contributed by atoms with Crippen LogP contribution in [0.5, 0.6) is 11.6 Å². The van der Waals surface area contributed by atoms with Gasteiger partial charge in [0.05, 0.1) is 10.6 Å². The molecule has 0 saturated heterocycles. The number of hydrogen-bond donors (Lipinski definition) is 2. The SMILES string of the molecule is Cc1nc(NN)c(C)c(Oc2cc(Br)ccc2Cl)n1. The third-order valence-electron chi connectivity index (χ3n) is 2.45. The van der Waals surface area contributed by atoms with Crippen LogP contribution in [0.3, 0.4) is 0 Å². The maximum Gasteiger partial charge on any atom is 0.227 e. The molecule has 1 heterocycles. The molecule has 0 aliphatic rings. The standard InChI is InChI=1S/C12H12BrClN4O/c1-6-11(18-15)16-7(2)17-12(6)19-10-5-8(13)3-4-9(10)14/h3-5H,15H2,1-2H3,(H,16,17,18). The third-order valence-corrected chi connectivity index (χ3v) is 3.26. The first kappa shape index (κ1) is 14.0. The molecule has 0 unspecified atom stereocenters. The van der Waals surface area contributed by atoms with E-state index in [2.05, 4.69) is 31.3 Å². The highest BCUT2D eigenvalue weighted by molar-refractivity contribution is 9.10. The molecule has 3 N–H and O–H groups in total. The predicted molar refractivity (Wildman–Crippen MR) is 78.5 cm³/mol. The van der Waals surface area contributed by atoms with Gasteiger partial charge in [0.1, 0.15) is 17.4 Å². The van der Waals surface area contributed by atoms with Crippen LogP contribution in [-0.2, 0) is 0 Å². The number of anilines is 1. The lowest BCUT2D eigenvalue weighted by molar-refractivity contribution is 0.456. The molecular weight excluding hydrogens is 332 g/mol. The number of ether oxygens (including phenoxy) is 1. The highest BCUT2D eigenvalue weighted by Gasteiger charge is 2.12. The summed E-state index contributed by atoms with van der Waals surface area (Å²) in [7, 11) is 0. The van der Waals surface area contributed by atoms with Crippen LogP contribution in [0.25, 0.3) is 0 Å². The minimum atomic E-state index is 0.417. The van der Waals surface area contributed by atoms with E-state index in [4.69, 9.17) is 22.2 Å². The number of hydrogen-bond acceptors (Lipinski definition) is 5. The monoisotopic (exact) mass is 342 g/mol. The molecule has 5 nitrogen and oxygen atoms in total. The fourth-order valence-electron chi connectivity index (χ4n) is 1.50. The summed E-state index contributed by atoms with van der Waals surface area (Å²) in [6.07, 6.45) is 0. The van der Waals surface area contributed by atoms with Gasteiger partial charge in [0.2, 0.25) is 5.88 Å². The Morgan fingerprint density at radius 1 is 1.32 bits per heavy atom. The first-order valence-corrected chi connectivity index (χ1v) is 6.63. The smallest absolute Gasteiger partial charge is 0.227 e. The Morgan fingerprint density at radius 3 is 2.74 bits per heavy atom. The van der Waals surface area contributed by atoms with Gasteiger partial charge < -0.3 is 10.2 Å². The first-order chi connectivity index (χ1) is 9.01. The van der Waals surface area contributed by atoms with Crippen molar-refractivity contribution in [2.45, 2.75) is 13.8 Å². The molecule has 19 heavy (non-hydrogen) atoms. The Kier molecular flexibility index (Phi) is 4.24. The summed E-state index contributed by atoms with van der Waals surface area (Å²) in [4.78, 5) is 8.41. The van der Waals surface area contributed by atoms with Crippen molar-refractivity contribution in [3.05, 3.63) is 39.1 Å². The van der Waals surface area contributed by atoms with Gasteiger partial charge in [0.15, 0.2) is 0 Å². The van der Waals surface area contributed by atoms with Crippen molar-refractivity contribution in [3.8, 4) is 11.6 Å². The number of nitrogen functional groups attached to an aromatic ring is 1. The number of rotatable bonds is 3. The van der Waals surface area contributed by atoms with E-state index < -0.39 is 0 Å². The van der Waals surface area contributed by atoms with Crippen LogP contribution >= 0.6 is 27.5 Å². The average Bonchev–Trinajstić information content (AvgIpc) is 2.37. The van der Waals surface area contributed by atoms with Gasteiger partial charge in [-0.2, -0.15) is 4.98 Å². The Balaban J connectivity index is 2.43. The number of hydrazine groups is 1. The fourth-order valence-corrected chi connectivity index (χ4v) is 2.00. The van der Waals surface area contributed by atoms with E-state index in [1.807, 2.05) is 13.0 Å². The van der Waals surface area contributed by atoms with Crippen molar-refractivity contribution in [3.63, 3.8) is 0 Å². The van der Waals surface area contributed by atoms with Crippen LogP contribution in [0.2, 0.25) is 5.02 Å². The number of nitrogens with one attached hydrogen (secondary N) is 1. The largest absolute Gasteiger partial charge is 0.437 e. The van der Waals surface area contributed by atoms with Gasteiger partial charge in [-0.25, -0.2) is 10.8 Å². The number of nitrogens with zero attached hydrogens (tertiary/aromatic N) is 2. The van der Waals surface area contributed by atoms with E-state index in [1.54, 1.807) is 19.1 Å². The van der Waals surface area contributed by atoms with Crippen LogP contribution in [0.15, 0.2) is 22.7 Å². The molecule has 0 fully saturated rings. The second-order valence-corrected chi connectivity index (χ2v) is 5.19. The lowest BCUT2D eigenvalue weighted by Gasteiger charge is -2.12. The zero-order valence-electron chi connectivity index (χ0n) is 10.4. The first-order valence-electron chi connectivity index (χ1n) is 5.46. The zero-order valence-corrected chi connectivity index (χ0v) is 12.7. The number of aromatic nitrogens is 2. The highest BCUT2D eigenvalue weighted by atomic mass is 79.9. The van der Waals surface area contributed by atoms with Gasteiger partial charge in [-0.05, 0) is 32.0 Å². The molecule has 100 valence electrons. The minimum Gasteiger partial charge on any atom is -0.437 e. The molecule has 0 atom stereocenters. The van der Waals surface area contributed by atoms with Gasteiger partial charge >= 0.3 is 0 Å². The van der Waals surface area contributed by atoms with Crippen molar-refractivity contribution < 1.29 is 4.74 Å². The summed E-state index contributed by atoms with van der Waals surface area (Å²) in [5.74, 6) is 7.41. The summed E-state index contributed by atoms with van der Waals surface area (Å²) in [6.45, 7) is 3.57. The van der Waals surface area contributed by atoms with E-state index in [9.17, 15) is 0 Å². The second kappa shape index (κ2) is 5.73. The Labute approximate surface area is 124 Å². The van der Waals surface area contributed by atoms with Gasteiger partial charge in [-0.15, -0.1) is 0 Å². The molecule has 0 aliphatic heterocycles. The lowest BCUT2D eigenvalue weighted by atomic mass is 10.3. The molecule has 0 bridgehead atoms. The molecule has 0 spiro atoms. The van der Waals surface area contributed by atoms with Gasteiger partial charge in [-0.3, -0.25) is 0 Å². The molecule has 0 amide bonds. The normalized spacial score (nSPS) is 10.4. The summed E-state index contributed by atoms with van der Waals surface area (Å²) < 4.78 is 6.60. The molecule has 1 aromatic carbocycles.